The molecule has 0 spiro atoms. The number of fused-ring (bicyclic) bond motifs is 1. The fourth-order valence-corrected chi connectivity index (χ4v) is 1.77. The van der Waals surface area contributed by atoms with E-state index >= 15 is 0 Å². The van der Waals surface area contributed by atoms with E-state index in [1.54, 1.807) is 6.07 Å². The van der Waals surface area contributed by atoms with Crippen molar-refractivity contribution in [2.45, 2.75) is 25.5 Å². The SMILES string of the molecule is OC(CNCc1ccc2c(c1)OCCCO2)C(F)F. The van der Waals surface area contributed by atoms with E-state index in [1.807, 2.05) is 12.1 Å². The summed E-state index contributed by atoms with van der Waals surface area (Å²) in [4.78, 5) is 0. The summed E-state index contributed by atoms with van der Waals surface area (Å²) in [6.45, 7) is 1.48. The number of aliphatic hydroxyl groups is 1. The van der Waals surface area contributed by atoms with Crippen LogP contribution in [-0.2, 0) is 6.54 Å². The number of halogens is 2. The Balaban J connectivity index is 1.89. The van der Waals surface area contributed by atoms with E-state index in [0.717, 1.165) is 12.0 Å². The molecule has 106 valence electrons. The van der Waals surface area contributed by atoms with Crippen molar-refractivity contribution in [1.82, 2.24) is 5.32 Å². The Hall–Kier alpha value is -1.40. The standard InChI is InChI=1S/C13H17F2NO3/c14-13(15)10(17)8-16-7-9-2-3-11-12(6-9)19-5-1-4-18-11/h2-3,6,10,13,16-17H,1,4-5,7-8H2. The van der Waals surface area contributed by atoms with E-state index in [4.69, 9.17) is 14.6 Å². The van der Waals surface area contributed by atoms with Gasteiger partial charge in [0.2, 0.25) is 0 Å². The summed E-state index contributed by atoms with van der Waals surface area (Å²) >= 11 is 0. The van der Waals surface area contributed by atoms with Crippen molar-refractivity contribution in [3.63, 3.8) is 0 Å². The summed E-state index contributed by atoms with van der Waals surface area (Å²) in [7, 11) is 0. The first-order valence-corrected chi connectivity index (χ1v) is 6.22. The van der Waals surface area contributed by atoms with Gasteiger partial charge in [-0.2, -0.15) is 0 Å². The largest absolute Gasteiger partial charge is 0.490 e. The number of ether oxygens (including phenoxy) is 2. The molecule has 0 fully saturated rings. The highest BCUT2D eigenvalue weighted by atomic mass is 19.3. The smallest absolute Gasteiger partial charge is 0.265 e. The number of hydrogen-bond donors (Lipinski definition) is 2. The maximum Gasteiger partial charge on any atom is 0.265 e. The summed E-state index contributed by atoms with van der Waals surface area (Å²) in [5, 5.41) is 11.8. The molecule has 0 saturated heterocycles. The lowest BCUT2D eigenvalue weighted by Crippen LogP contribution is -2.31. The molecule has 1 unspecified atom stereocenters. The average Bonchev–Trinajstić information content (AvgIpc) is 2.63. The third kappa shape index (κ3) is 4.04. The van der Waals surface area contributed by atoms with Crippen molar-refractivity contribution in [2.24, 2.45) is 0 Å². The highest BCUT2D eigenvalue weighted by molar-refractivity contribution is 5.43. The first-order valence-electron chi connectivity index (χ1n) is 6.22. The van der Waals surface area contributed by atoms with Crippen LogP contribution in [0.2, 0.25) is 0 Å². The van der Waals surface area contributed by atoms with Gasteiger partial charge < -0.3 is 19.9 Å². The van der Waals surface area contributed by atoms with E-state index in [1.165, 1.54) is 0 Å². The van der Waals surface area contributed by atoms with Crippen LogP contribution in [0.4, 0.5) is 8.78 Å². The zero-order valence-electron chi connectivity index (χ0n) is 10.4. The van der Waals surface area contributed by atoms with Crippen molar-refractivity contribution in [1.29, 1.82) is 0 Å². The number of benzene rings is 1. The first kappa shape index (κ1) is 14.0. The Morgan fingerprint density at radius 1 is 1.21 bits per heavy atom. The van der Waals surface area contributed by atoms with Crippen molar-refractivity contribution < 1.29 is 23.4 Å². The van der Waals surface area contributed by atoms with Crippen LogP contribution in [0.25, 0.3) is 0 Å². The first-order chi connectivity index (χ1) is 9.16. The highest BCUT2D eigenvalue weighted by Crippen LogP contribution is 2.30. The summed E-state index contributed by atoms with van der Waals surface area (Å²) in [6.07, 6.45) is -3.53. The molecule has 1 aromatic carbocycles. The molecule has 1 aliphatic heterocycles. The number of hydrogen-bond acceptors (Lipinski definition) is 4. The van der Waals surface area contributed by atoms with E-state index in [0.29, 0.717) is 31.3 Å². The zero-order chi connectivity index (χ0) is 13.7. The molecule has 4 nitrogen and oxygen atoms in total. The molecular formula is C13H17F2NO3. The van der Waals surface area contributed by atoms with Gasteiger partial charge in [0.05, 0.1) is 13.2 Å². The number of nitrogens with one attached hydrogen (secondary N) is 1. The van der Waals surface area contributed by atoms with Gasteiger partial charge in [-0.05, 0) is 17.7 Å². The predicted molar refractivity (Wildman–Crippen MR) is 65.8 cm³/mol. The van der Waals surface area contributed by atoms with Crippen LogP contribution in [0.15, 0.2) is 18.2 Å². The molecule has 1 atom stereocenters. The molecule has 1 heterocycles. The minimum absolute atomic E-state index is 0.147. The molecule has 2 rings (SSSR count). The van der Waals surface area contributed by atoms with Crippen LogP contribution in [0.5, 0.6) is 11.5 Å². The Morgan fingerprint density at radius 3 is 2.68 bits per heavy atom. The number of aliphatic hydroxyl groups excluding tert-OH is 1. The lowest BCUT2D eigenvalue weighted by Gasteiger charge is -2.12. The third-order valence-corrected chi connectivity index (χ3v) is 2.79. The van der Waals surface area contributed by atoms with Crippen molar-refractivity contribution in [2.75, 3.05) is 19.8 Å². The van der Waals surface area contributed by atoms with Crippen LogP contribution >= 0.6 is 0 Å². The Morgan fingerprint density at radius 2 is 1.95 bits per heavy atom. The third-order valence-electron chi connectivity index (χ3n) is 2.79. The Bertz CT molecular complexity index is 415. The molecule has 1 aromatic rings. The fraction of sp³-hybridized carbons (Fsp3) is 0.538. The van der Waals surface area contributed by atoms with Gasteiger partial charge in [0.1, 0.15) is 6.10 Å². The topological polar surface area (TPSA) is 50.7 Å². The number of rotatable bonds is 5. The van der Waals surface area contributed by atoms with Gasteiger partial charge in [-0.25, -0.2) is 8.78 Å². The molecule has 0 radical (unpaired) electrons. The lowest BCUT2D eigenvalue weighted by atomic mass is 10.2. The molecule has 0 aliphatic carbocycles. The quantitative estimate of drug-likeness (QED) is 0.855. The second-order valence-corrected chi connectivity index (χ2v) is 4.36. The van der Waals surface area contributed by atoms with Crippen molar-refractivity contribution >= 4 is 0 Å². The molecule has 19 heavy (non-hydrogen) atoms. The Labute approximate surface area is 110 Å². The lowest BCUT2D eigenvalue weighted by molar-refractivity contribution is -0.00340. The van der Waals surface area contributed by atoms with Crippen LogP contribution in [0, 0.1) is 0 Å². The molecule has 6 heteroatoms. The van der Waals surface area contributed by atoms with Crippen molar-refractivity contribution in [3.8, 4) is 11.5 Å². The van der Waals surface area contributed by atoms with E-state index < -0.39 is 12.5 Å². The average molecular weight is 273 g/mol. The van der Waals surface area contributed by atoms with Crippen molar-refractivity contribution in [3.05, 3.63) is 23.8 Å². The van der Waals surface area contributed by atoms with Crippen LogP contribution in [-0.4, -0.2) is 37.4 Å². The fourth-order valence-electron chi connectivity index (χ4n) is 1.77. The number of alkyl halides is 2. The molecule has 2 N–H and O–H groups in total. The maximum atomic E-state index is 12.1. The summed E-state index contributed by atoms with van der Waals surface area (Å²) in [5.74, 6) is 1.38. The van der Waals surface area contributed by atoms with E-state index in [2.05, 4.69) is 5.32 Å². The van der Waals surface area contributed by atoms with Crippen LogP contribution in [0.1, 0.15) is 12.0 Å². The minimum atomic E-state index is -2.73. The van der Waals surface area contributed by atoms with Gasteiger partial charge >= 0.3 is 0 Å². The molecule has 0 saturated carbocycles. The van der Waals surface area contributed by atoms with E-state index in [9.17, 15) is 8.78 Å². The second kappa shape index (κ2) is 6.68. The maximum absolute atomic E-state index is 12.1. The molecule has 0 aromatic heterocycles. The molecule has 0 amide bonds. The predicted octanol–water partition coefficient (Wildman–Crippen LogP) is 1.56. The van der Waals surface area contributed by atoms with Gasteiger partial charge in [-0.15, -0.1) is 0 Å². The summed E-state index contributed by atoms with van der Waals surface area (Å²) in [5.41, 5.74) is 0.894. The second-order valence-electron chi connectivity index (χ2n) is 4.36. The summed E-state index contributed by atoms with van der Waals surface area (Å²) < 4.78 is 35.2. The van der Waals surface area contributed by atoms with Gasteiger partial charge in [0.25, 0.3) is 6.43 Å². The van der Waals surface area contributed by atoms with Gasteiger partial charge in [-0.3, -0.25) is 0 Å². The molecular weight excluding hydrogens is 256 g/mol. The van der Waals surface area contributed by atoms with Crippen LogP contribution < -0.4 is 14.8 Å². The highest BCUT2D eigenvalue weighted by Gasteiger charge is 2.16. The summed E-state index contributed by atoms with van der Waals surface area (Å²) in [6, 6.07) is 5.47. The van der Waals surface area contributed by atoms with E-state index in [-0.39, 0.29) is 6.54 Å². The van der Waals surface area contributed by atoms with Gasteiger partial charge in [0.15, 0.2) is 11.5 Å². The minimum Gasteiger partial charge on any atom is -0.490 e. The molecule has 0 bridgehead atoms. The Kier molecular flexibility index (Phi) is 4.93. The zero-order valence-corrected chi connectivity index (χ0v) is 10.4. The van der Waals surface area contributed by atoms with Gasteiger partial charge in [-0.1, -0.05) is 6.07 Å². The molecule has 1 aliphatic rings. The normalized spacial score (nSPS) is 16.2. The monoisotopic (exact) mass is 273 g/mol. The van der Waals surface area contributed by atoms with Gasteiger partial charge in [0, 0.05) is 19.5 Å². The van der Waals surface area contributed by atoms with Crippen LogP contribution in [0.3, 0.4) is 0 Å².